The van der Waals surface area contributed by atoms with Crippen LogP contribution in [0.25, 0.3) is 0 Å². The van der Waals surface area contributed by atoms with Gasteiger partial charge in [-0.2, -0.15) is 0 Å². The van der Waals surface area contributed by atoms with E-state index in [4.69, 9.17) is 0 Å². The quantitative estimate of drug-likeness (QED) is 0.655. The Kier molecular flexibility index (Phi) is 4.29. The molecule has 0 saturated heterocycles. The zero-order chi connectivity index (χ0) is 13.5. The Morgan fingerprint density at radius 1 is 1.32 bits per heavy atom. The third-order valence-corrected chi connectivity index (χ3v) is 2.58. The minimum atomic E-state index is 0.563. The highest BCUT2D eigenvalue weighted by Gasteiger charge is 2.15. The largest absolute Gasteiger partial charge is 0.371 e. The van der Waals surface area contributed by atoms with Crippen LogP contribution < -0.4 is 15.0 Å². The van der Waals surface area contributed by atoms with E-state index in [1.807, 2.05) is 54.0 Å². The highest BCUT2D eigenvalue weighted by atomic mass is 15.6. The van der Waals surface area contributed by atoms with Gasteiger partial charge in [0.25, 0.3) is 0 Å². The maximum Gasteiger partial charge on any atom is 0.371 e. The van der Waals surface area contributed by atoms with E-state index >= 15 is 0 Å². The Bertz CT molecular complexity index is 586. The third kappa shape index (κ3) is 2.99. The molecule has 2 aromatic rings. The first-order valence-electron chi connectivity index (χ1n) is 5.98. The highest BCUT2D eigenvalue weighted by molar-refractivity contribution is 5.44. The summed E-state index contributed by atoms with van der Waals surface area (Å²) >= 11 is 0. The predicted molar refractivity (Wildman–Crippen MR) is 74.4 cm³/mol. The topological polar surface area (TPSA) is 44.9 Å². The van der Waals surface area contributed by atoms with Gasteiger partial charge in [0, 0.05) is 7.05 Å². The highest BCUT2D eigenvalue weighted by Crippen LogP contribution is 2.10. The number of nitrogens with zero attached hydrogens (tertiary/aromatic N) is 4. The molecular formula is C14H16N5+. The number of hydrogen-bond acceptors (Lipinski definition) is 4. The summed E-state index contributed by atoms with van der Waals surface area (Å²) in [6.45, 7) is 2.39. The molecule has 0 saturated carbocycles. The second-order valence-corrected chi connectivity index (χ2v) is 3.75. The maximum absolute atomic E-state index is 4.20. The summed E-state index contributed by atoms with van der Waals surface area (Å²) in [7, 11) is 1.83. The molecule has 0 aliphatic heterocycles. The molecule has 0 amide bonds. The van der Waals surface area contributed by atoms with Gasteiger partial charge in [0.1, 0.15) is 6.54 Å². The van der Waals surface area contributed by atoms with E-state index in [0.717, 1.165) is 5.69 Å². The number of benzene rings is 1. The summed E-state index contributed by atoms with van der Waals surface area (Å²) in [6.07, 6.45) is 3.22. The van der Waals surface area contributed by atoms with Crippen LogP contribution >= 0.6 is 0 Å². The molecule has 0 radical (unpaired) electrons. The minimum absolute atomic E-state index is 0.563. The monoisotopic (exact) mass is 254 g/mol. The Balaban J connectivity index is 2.45. The van der Waals surface area contributed by atoms with Crippen molar-refractivity contribution in [2.75, 3.05) is 23.9 Å². The number of nitrogens with one attached hydrogen (secondary N) is 1. The normalized spacial score (nSPS) is 9.37. The second kappa shape index (κ2) is 6.36. The first kappa shape index (κ1) is 12.8. The zero-order valence-corrected chi connectivity index (χ0v) is 11.0. The van der Waals surface area contributed by atoms with Crippen molar-refractivity contribution in [2.45, 2.75) is 6.92 Å². The van der Waals surface area contributed by atoms with E-state index in [9.17, 15) is 0 Å². The molecule has 5 nitrogen and oxygen atoms in total. The fourth-order valence-electron chi connectivity index (χ4n) is 1.70. The molecule has 0 atom stereocenters. The molecular weight excluding hydrogens is 238 g/mol. The van der Waals surface area contributed by atoms with Crippen LogP contribution in [0.4, 0.5) is 11.6 Å². The Labute approximate surface area is 112 Å². The molecule has 2 rings (SSSR count). The smallest absolute Gasteiger partial charge is 0.295 e. The van der Waals surface area contributed by atoms with Gasteiger partial charge in [0.05, 0.1) is 5.69 Å². The third-order valence-electron chi connectivity index (χ3n) is 2.58. The van der Waals surface area contributed by atoms with Crippen LogP contribution in [0.15, 0.2) is 43.0 Å². The van der Waals surface area contributed by atoms with E-state index in [1.165, 1.54) is 6.33 Å². The summed E-state index contributed by atoms with van der Waals surface area (Å²) in [4.78, 5) is 8.27. The first-order chi connectivity index (χ1) is 9.36. The average Bonchev–Trinajstić information content (AvgIpc) is 2.49. The molecule has 1 N–H and O–H groups in total. The Hall–Kier alpha value is -2.61. The van der Waals surface area contributed by atoms with Crippen molar-refractivity contribution in [3.8, 4) is 11.8 Å². The Morgan fingerprint density at radius 3 is 2.79 bits per heavy atom. The van der Waals surface area contributed by atoms with Crippen LogP contribution in [-0.4, -0.2) is 23.6 Å². The van der Waals surface area contributed by atoms with Crippen LogP contribution in [0.1, 0.15) is 6.92 Å². The summed E-state index contributed by atoms with van der Waals surface area (Å²) < 4.78 is 1.85. The molecule has 96 valence electrons. The molecule has 0 spiro atoms. The maximum atomic E-state index is 4.20. The number of rotatable bonds is 4. The molecule has 5 heteroatoms. The van der Waals surface area contributed by atoms with Gasteiger partial charge in [-0.3, -0.25) is 5.32 Å². The molecule has 0 aliphatic rings. The van der Waals surface area contributed by atoms with Gasteiger partial charge < -0.3 is 0 Å². The van der Waals surface area contributed by atoms with Gasteiger partial charge in [-0.1, -0.05) is 29.1 Å². The molecule has 1 heterocycles. The summed E-state index contributed by atoms with van der Waals surface area (Å²) in [5.74, 6) is 6.68. The van der Waals surface area contributed by atoms with Crippen LogP contribution in [0.3, 0.4) is 0 Å². The van der Waals surface area contributed by atoms with Gasteiger partial charge in [-0.15, -0.1) is 15.6 Å². The van der Waals surface area contributed by atoms with Gasteiger partial charge in [0.15, 0.2) is 0 Å². The van der Waals surface area contributed by atoms with Crippen molar-refractivity contribution in [2.24, 2.45) is 0 Å². The van der Waals surface area contributed by atoms with Crippen LogP contribution in [-0.2, 0) is 0 Å². The summed E-state index contributed by atoms with van der Waals surface area (Å²) in [5.41, 5.74) is 1.03. The predicted octanol–water partition coefficient (Wildman–Crippen LogP) is 1.10. The van der Waals surface area contributed by atoms with Gasteiger partial charge >= 0.3 is 5.95 Å². The van der Waals surface area contributed by atoms with E-state index in [0.29, 0.717) is 12.5 Å². The molecule has 19 heavy (non-hydrogen) atoms. The van der Waals surface area contributed by atoms with E-state index in [-0.39, 0.29) is 0 Å². The van der Waals surface area contributed by atoms with E-state index in [2.05, 4.69) is 27.1 Å². The van der Waals surface area contributed by atoms with Crippen molar-refractivity contribution in [1.82, 2.24) is 9.97 Å². The fraction of sp³-hybridized carbons (Fsp3) is 0.214. The fourth-order valence-corrected chi connectivity index (χ4v) is 1.70. The number of aromatic nitrogens is 3. The molecule has 1 aromatic carbocycles. The minimum Gasteiger partial charge on any atom is -0.295 e. The molecule has 0 unspecified atom stereocenters. The summed E-state index contributed by atoms with van der Waals surface area (Å²) in [5, 5.41) is 5.05. The molecule has 0 aliphatic carbocycles. The average molecular weight is 254 g/mol. The molecule has 1 aromatic heterocycles. The van der Waals surface area contributed by atoms with Crippen molar-refractivity contribution < 1.29 is 4.68 Å². The van der Waals surface area contributed by atoms with Gasteiger partial charge in [-0.25, -0.2) is 5.01 Å². The van der Waals surface area contributed by atoms with Crippen molar-refractivity contribution >= 4 is 11.6 Å². The van der Waals surface area contributed by atoms with Crippen molar-refractivity contribution in [3.05, 3.63) is 43.0 Å². The Morgan fingerprint density at radius 2 is 2.11 bits per heavy atom. The van der Waals surface area contributed by atoms with Crippen molar-refractivity contribution in [3.63, 3.8) is 0 Å². The van der Waals surface area contributed by atoms with Crippen LogP contribution in [0, 0.1) is 11.8 Å². The second-order valence-electron chi connectivity index (χ2n) is 3.75. The van der Waals surface area contributed by atoms with Gasteiger partial charge in [-0.05, 0) is 19.1 Å². The SMILES string of the molecule is CC#CCN(c1ccccc1)[n+]1cncnc1NC. The first-order valence-corrected chi connectivity index (χ1v) is 5.98. The summed E-state index contributed by atoms with van der Waals surface area (Å²) in [6, 6.07) is 10.0. The number of hydrogen-bond donors (Lipinski definition) is 1. The van der Waals surface area contributed by atoms with Crippen molar-refractivity contribution in [1.29, 1.82) is 0 Å². The van der Waals surface area contributed by atoms with E-state index < -0.39 is 0 Å². The number of anilines is 2. The van der Waals surface area contributed by atoms with E-state index in [1.54, 1.807) is 6.33 Å². The van der Waals surface area contributed by atoms with Crippen LogP contribution in [0.5, 0.6) is 0 Å². The zero-order valence-electron chi connectivity index (χ0n) is 11.0. The lowest BCUT2D eigenvalue weighted by Gasteiger charge is -2.21. The molecule has 0 bridgehead atoms. The standard InChI is InChI=1S/C14H15N5/c1-3-4-10-18(13-8-6-5-7-9-13)19-12-16-11-17-14(19)15-2/h5-9,11-12H,10H2,1-2H3/p+1. The lowest BCUT2D eigenvalue weighted by Crippen LogP contribution is -2.56. The lowest BCUT2D eigenvalue weighted by atomic mass is 10.3. The van der Waals surface area contributed by atoms with Crippen LogP contribution in [0.2, 0.25) is 0 Å². The lowest BCUT2D eigenvalue weighted by molar-refractivity contribution is -0.674. The van der Waals surface area contributed by atoms with Gasteiger partial charge in [0.2, 0.25) is 12.7 Å². The number of para-hydroxylation sites is 1. The molecule has 0 fully saturated rings.